The summed E-state index contributed by atoms with van der Waals surface area (Å²) in [5, 5.41) is 9.22. The zero-order valence-electron chi connectivity index (χ0n) is 12.0. The van der Waals surface area contributed by atoms with E-state index in [4.69, 9.17) is 10.5 Å². The van der Waals surface area contributed by atoms with Crippen molar-refractivity contribution in [3.63, 3.8) is 0 Å². The summed E-state index contributed by atoms with van der Waals surface area (Å²) in [5.74, 6) is 0.808. The van der Waals surface area contributed by atoms with Crippen LogP contribution in [-0.2, 0) is 0 Å². The summed E-state index contributed by atoms with van der Waals surface area (Å²) in [5.41, 5.74) is 7.07. The molecule has 0 radical (unpaired) electrons. The van der Waals surface area contributed by atoms with Crippen molar-refractivity contribution in [1.82, 2.24) is 10.2 Å². The third-order valence-electron chi connectivity index (χ3n) is 2.68. The lowest BCUT2D eigenvalue weighted by molar-refractivity contribution is 0.405. The first-order chi connectivity index (χ1) is 9.52. The van der Waals surface area contributed by atoms with Crippen LogP contribution in [0.15, 0.2) is 27.4 Å². The quantitative estimate of drug-likeness (QED) is 0.916. The molecule has 5 nitrogen and oxygen atoms in total. The molecular weight excluding hydrogens is 292 g/mol. The first kappa shape index (κ1) is 15.1. The van der Waals surface area contributed by atoms with E-state index in [1.165, 1.54) is 0 Å². The molecule has 2 N–H and O–H groups in total. The number of anilines is 1. The average molecular weight is 310 g/mol. The first-order valence-electron chi connectivity index (χ1n) is 6.14. The van der Waals surface area contributed by atoms with Gasteiger partial charge in [-0.3, -0.25) is 0 Å². The normalized spacial score (nSPS) is 12.2. The van der Waals surface area contributed by atoms with Crippen LogP contribution in [0.1, 0.15) is 18.5 Å². The van der Waals surface area contributed by atoms with Gasteiger partial charge in [-0.25, -0.2) is 0 Å². The highest BCUT2D eigenvalue weighted by Gasteiger charge is 2.16. The van der Waals surface area contributed by atoms with Gasteiger partial charge in [0.05, 0.1) is 7.11 Å². The number of methoxy groups -OCH3 is 1. The number of rotatable bonds is 5. The van der Waals surface area contributed by atoms with Crippen LogP contribution in [0.2, 0.25) is 0 Å². The van der Waals surface area contributed by atoms with Crippen molar-refractivity contribution in [1.29, 1.82) is 0 Å². The molecule has 0 fully saturated rings. The van der Waals surface area contributed by atoms with Crippen LogP contribution in [0.5, 0.6) is 5.75 Å². The lowest BCUT2D eigenvalue weighted by Crippen LogP contribution is -2.08. The highest BCUT2D eigenvalue weighted by Crippen LogP contribution is 2.39. The lowest BCUT2D eigenvalue weighted by atomic mass is 10.1. The molecule has 0 unspecified atom stereocenters. The van der Waals surface area contributed by atoms with Gasteiger partial charge in [-0.05, 0) is 19.1 Å². The first-order valence-corrected chi connectivity index (χ1v) is 7.77. The average Bonchev–Trinajstić information content (AvgIpc) is 2.86. The number of nitrogens with zero attached hydrogens (tertiary/aromatic N) is 3. The molecule has 1 atom stereocenters. The van der Waals surface area contributed by atoms with Crippen molar-refractivity contribution in [3.8, 4) is 5.75 Å². The number of nitrogens with two attached hydrogens (primary N) is 1. The number of hydrogen-bond acceptors (Lipinski definition) is 7. The van der Waals surface area contributed by atoms with E-state index in [0.717, 1.165) is 25.7 Å². The molecule has 0 saturated heterocycles. The second kappa shape index (κ2) is 6.43. The fraction of sp³-hybridized carbons (Fsp3) is 0.385. The Morgan fingerprint density at radius 2 is 2.10 bits per heavy atom. The third kappa shape index (κ3) is 3.23. The van der Waals surface area contributed by atoms with Gasteiger partial charge in [0.15, 0.2) is 4.34 Å². The van der Waals surface area contributed by atoms with E-state index < -0.39 is 0 Å². The third-order valence-corrected chi connectivity index (χ3v) is 4.89. The van der Waals surface area contributed by atoms with Gasteiger partial charge in [-0.15, -0.1) is 10.2 Å². The molecule has 108 valence electrons. The highest BCUT2D eigenvalue weighted by atomic mass is 32.2. The second-order valence-corrected chi connectivity index (χ2v) is 6.75. The zero-order valence-corrected chi connectivity index (χ0v) is 13.6. The smallest absolute Gasteiger partial charge is 0.208 e. The van der Waals surface area contributed by atoms with Crippen LogP contribution < -0.4 is 15.4 Å². The molecule has 0 aliphatic carbocycles. The fourth-order valence-corrected chi connectivity index (χ4v) is 3.73. The SMILES string of the molecule is COc1cccc(Sc2nnc(N(C)C)s2)c1[C@@H](C)N. The van der Waals surface area contributed by atoms with Gasteiger partial charge in [-0.1, -0.05) is 29.2 Å². The van der Waals surface area contributed by atoms with E-state index >= 15 is 0 Å². The number of benzene rings is 1. The number of aromatic nitrogens is 2. The molecule has 0 bridgehead atoms. The maximum Gasteiger partial charge on any atom is 0.208 e. The Balaban J connectivity index is 2.32. The van der Waals surface area contributed by atoms with E-state index in [1.807, 2.05) is 44.1 Å². The van der Waals surface area contributed by atoms with E-state index in [1.54, 1.807) is 30.2 Å². The molecule has 7 heteroatoms. The monoisotopic (exact) mass is 310 g/mol. The summed E-state index contributed by atoms with van der Waals surface area (Å²) in [6.07, 6.45) is 0. The largest absolute Gasteiger partial charge is 0.496 e. The fourth-order valence-electron chi connectivity index (χ4n) is 1.76. The Bertz CT molecular complexity index is 584. The molecule has 1 aromatic heterocycles. The topological polar surface area (TPSA) is 64.3 Å². The predicted molar refractivity (Wildman–Crippen MR) is 84.0 cm³/mol. The van der Waals surface area contributed by atoms with E-state index in [0.29, 0.717) is 0 Å². The van der Waals surface area contributed by atoms with E-state index in [2.05, 4.69) is 10.2 Å². The maximum atomic E-state index is 6.06. The van der Waals surface area contributed by atoms with Gasteiger partial charge in [0.2, 0.25) is 5.13 Å². The summed E-state index contributed by atoms with van der Waals surface area (Å²) in [6.45, 7) is 1.95. The molecule has 0 saturated carbocycles. The van der Waals surface area contributed by atoms with E-state index in [-0.39, 0.29) is 6.04 Å². The summed E-state index contributed by atoms with van der Waals surface area (Å²) >= 11 is 3.12. The predicted octanol–water partition coefficient (Wildman–Crippen LogP) is 2.78. The van der Waals surface area contributed by atoms with Crippen molar-refractivity contribution in [2.75, 3.05) is 26.1 Å². The molecule has 2 aromatic rings. The van der Waals surface area contributed by atoms with Crippen LogP contribution in [0.3, 0.4) is 0 Å². The zero-order chi connectivity index (χ0) is 14.7. The van der Waals surface area contributed by atoms with Gasteiger partial charge in [0, 0.05) is 30.6 Å². The van der Waals surface area contributed by atoms with Crippen molar-refractivity contribution in [2.45, 2.75) is 22.2 Å². The van der Waals surface area contributed by atoms with Crippen LogP contribution >= 0.6 is 23.1 Å². The maximum absolute atomic E-state index is 6.06. The van der Waals surface area contributed by atoms with Crippen molar-refractivity contribution in [3.05, 3.63) is 23.8 Å². The highest BCUT2D eigenvalue weighted by molar-refractivity contribution is 8.01. The Hall–Kier alpha value is -1.31. The lowest BCUT2D eigenvalue weighted by Gasteiger charge is -2.15. The summed E-state index contributed by atoms with van der Waals surface area (Å²) < 4.78 is 6.29. The van der Waals surface area contributed by atoms with Gasteiger partial charge < -0.3 is 15.4 Å². The minimum atomic E-state index is -0.102. The molecule has 0 aliphatic rings. The standard InChI is InChI=1S/C13H18N4OS2/c1-8(14)11-9(18-4)6-5-7-10(11)19-13-16-15-12(20-13)17(2)3/h5-8H,14H2,1-4H3/t8-/m1/s1. The molecule has 0 spiro atoms. The van der Waals surface area contributed by atoms with E-state index in [9.17, 15) is 0 Å². The van der Waals surface area contributed by atoms with Crippen molar-refractivity contribution < 1.29 is 4.74 Å². The van der Waals surface area contributed by atoms with Crippen LogP contribution in [0, 0.1) is 0 Å². The van der Waals surface area contributed by atoms with Crippen LogP contribution in [0.4, 0.5) is 5.13 Å². The minimum absolute atomic E-state index is 0.102. The number of hydrogen-bond donors (Lipinski definition) is 1. The van der Waals surface area contributed by atoms with Gasteiger partial charge in [-0.2, -0.15) is 0 Å². The van der Waals surface area contributed by atoms with Gasteiger partial charge >= 0.3 is 0 Å². The summed E-state index contributed by atoms with van der Waals surface area (Å²) in [7, 11) is 5.56. The molecule has 1 aromatic carbocycles. The molecular formula is C13H18N4OS2. The van der Waals surface area contributed by atoms with Crippen molar-refractivity contribution in [2.24, 2.45) is 5.73 Å². The second-order valence-electron chi connectivity index (χ2n) is 4.51. The molecule has 2 rings (SSSR count). The van der Waals surface area contributed by atoms with Gasteiger partial charge in [0.25, 0.3) is 0 Å². The minimum Gasteiger partial charge on any atom is -0.496 e. The molecule has 20 heavy (non-hydrogen) atoms. The molecule has 0 aliphatic heterocycles. The Kier molecular flexibility index (Phi) is 4.85. The Morgan fingerprint density at radius 1 is 1.35 bits per heavy atom. The Morgan fingerprint density at radius 3 is 2.65 bits per heavy atom. The Labute approximate surface area is 127 Å². The van der Waals surface area contributed by atoms with Crippen molar-refractivity contribution >= 4 is 28.2 Å². The molecule has 1 heterocycles. The summed E-state index contributed by atoms with van der Waals surface area (Å²) in [4.78, 5) is 3.00. The molecule has 0 amide bonds. The number of ether oxygens (including phenoxy) is 1. The van der Waals surface area contributed by atoms with Crippen LogP contribution in [0.25, 0.3) is 0 Å². The summed E-state index contributed by atoms with van der Waals surface area (Å²) in [6, 6.07) is 5.81. The van der Waals surface area contributed by atoms with Crippen LogP contribution in [-0.4, -0.2) is 31.4 Å². The van der Waals surface area contributed by atoms with Gasteiger partial charge in [0.1, 0.15) is 5.75 Å².